The van der Waals surface area contributed by atoms with E-state index in [0.717, 1.165) is 5.56 Å². The molecule has 0 amide bonds. The van der Waals surface area contributed by atoms with E-state index in [4.69, 9.17) is 0 Å². The summed E-state index contributed by atoms with van der Waals surface area (Å²) in [6, 6.07) is 8.56. The van der Waals surface area contributed by atoms with Crippen LogP contribution in [0.1, 0.15) is 43.7 Å². The third-order valence-corrected chi connectivity index (χ3v) is 2.34. The average Bonchev–Trinajstić information content (AvgIpc) is 2.15. The summed E-state index contributed by atoms with van der Waals surface area (Å²) in [7, 11) is 0. The first-order valence-corrected chi connectivity index (χ1v) is 5.24. The van der Waals surface area contributed by atoms with Crippen molar-refractivity contribution in [1.82, 2.24) is 0 Å². The van der Waals surface area contributed by atoms with Gasteiger partial charge in [-0.25, -0.2) is 0 Å². The lowest BCUT2D eigenvalue weighted by Gasteiger charge is -2.01. The molecule has 0 aliphatic carbocycles. The fraction of sp³-hybridized carbons (Fsp3) is 0.462. The Labute approximate surface area is 82.0 Å². The second-order valence-corrected chi connectivity index (χ2v) is 3.63. The summed E-state index contributed by atoms with van der Waals surface area (Å²) in [5.41, 5.74) is 2.56. The molecular weight excluding hydrogens is 156 g/mol. The molecule has 0 nitrogen and oxygen atoms in total. The predicted octanol–water partition coefficient (Wildman–Crippen LogP) is 3.99. The van der Waals surface area contributed by atoms with Gasteiger partial charge in [0.25, 0.3) is 0 Å². The van der Waals surface area contributed by atoms with Crippen LogP contribution in [-0.2, 0) is 6.42 Å². The average molecular weight is 175 g/mol. The van der Waals surface area contributed by atoms with Gasteiger partial charge in [-0.05, 0) is 30.9 Å². The minimum absolute atomic E-state index is 1.11. The van der Waals surface area contributed by atoms with E-state index in [1.54, 1.807) is 0 Å². The van der Waals surface area contributed by atoms with Crippen molar-refractivity contribution in [2.75, 3.05) is 0 Å². The summed E-state index contributed by atoms with van der Waals surface area (Å²) in [5.74, 6) is 0. The van der Waals surface area contributed by atoms with Crippen LogP contribution >= 0.6 is 0 Å². The number of hydrogen-bond acceptors (Lipinski definition) is 0. The van der Waals surface area contributed by atoms with Crippen molar-refractivity contribution in [3.63, 3.8) is 0 Å². The van der Waals surface area contributed by atoms with Gasteiger partial charge in [-0.3, -0.25) is 0 Å². The second-order valence-electron chi connectivity index (χ2n) is 3.63. The van der Waals surface area contributed by atoms with Gasteiger partial charge in [0.05, 0.1) is 0 Å². The first-order chi connectivity index (χ1) is 6.33. The maximum absolute atomic E-state index is 3.87. The van der Waals surface area contributed by atoms with E-state index in [0.29, 0.717) is 0 Å². The molecule has 0 bridgehead atoms. The van der Waals surface area contributed by atoms with Crippen molar-refractivity contribution in [1.29, 1.82) is 0 Å². The first kappa shape index (κ1) is 10.3. The summed E-state index contributed by atoms with van der Waals surface area (Å²) in [5, 5.41) is 0. The highest BCUT2D eigenvalue weighted by molar-refractivity contribution is 5.24. The largest absolute Gasteiger partial charge is 0.0654 e. The van der Waals surface area contributed by atoms with E-state index in [1.807, 2.05) is 0 Å². The van der Waals surface area contributed by atoms with E-state index in [1.165, 1.54) is 37.7 Å². The third kappa shape index (κ3) is 4.12. The summed E-state index contributed by atoms with van der Waals surface area (Å²) in [4.78, 5) is 0. The molecule has 0 aromatic heterocycles. The van der Waals surface area contributed by atoms with Crippen LogP contribution in [0.5, 0.6) is 0 Å². The monoisotopic (exact) mass is 175 g/mol. The van der Waals surface area contributed by atoms with Crippen molar-refractivity contribution in [2.24, 2.45) is 0 Å². The van der Waals surface area contributed by atoms with Crippen LogP contribution < -0.4 is 0 Å². The van der Waals surface area contributed by atoms with Crippen LogP contribution in [0.25, 0.3) is 0 Å². The zero-order valence-electron chi connectivity index (χ0n) is 8.55. The fourth-order valence-corrected chi connectivity index (χ4v) is 1.46. The van der Waals surface area contributed by atoms with Gasteiger partial charge in [0, 0.05) is 0 Å². The van der Waals surface area contributed by atoms with E-state index in [2.05, 4.69) is 38.1 Å². The van der Waals surface area contributed by atoms with Gasteiger partial charge < -0.3 is 0 Å². The summed E-state index contributed by atoms with van der Waals surface area (Å²) < 4.78 is 0. The highest BCUT2D eigenvalue weighted by Crippen LogP contribution is 2.08. The van der Waals surface area contributed by atoms with Crippen molar-refractivity contribution in [3.05, 3.63) is 42.3 Å². The lowest BCUT2D eigenvalue weighted by atomic mass is 10.1. The molecule has 71 valence electrons. The van der Waals surface area contributed by atoms with Crippen molar-refractivity contribution >= 4 is 0 Å². The lowest BCUT2D eigenvalue weighted by molar-refractivity contribution is 0.667. The molecule has 0 heterocycles. The molecule has 1 radical (unpaired) electrons. The molecule has 13 heavy (non-hydrogen) atoms. The smallest absolute Gasteiger partial charge is 0.0238 e. The Kier molecular flexibility index (Phi) is 4.59. The fourth-order valence-electron chi connectivity index (χ4n) is 1.46. The van der Waals surface area contributed by atoms with Crippen molar-refractivity contribution in [3.8, 4) is 0 Å². The third-order valence-electron chi connectivity index (χ3n) is 2.34. The van der Waals surface area contributed by atoms with Crippen molar-refractivity contribution in [2.45, 2.75) is 39.0 Å². The molecule has 1 aromatic rings. The van der Waals surface area contributed by atoms with Gasteiger partial charge in [-0.1, -0.05) is 50.5 Å². The Morgan fingerprint density at radius 1 is 1.00 bits per heavy atom. The van der Waals surface area contributed by atoms with Crippen LogP contribution in [0.3, 0.4) is 0 Å². The van der Waals surface area contributed by atoms with Gasteiger partial charge in [0.1, 0.15) is 0 Å². The Hall–Kier alpha value is -0.780. The van der Waals surface area contributed by atoms with E-state index in [-0.39, 0.29) is 0 Å². The minimum Gasteiger partial charge on any atom is -0.0654 e. The molecule has 1 rings (SSSR count). The molecule has 0 spiro atoms. The molecule has 0 atom stereocenters. The number of aryl methyl sites for hydroxylation is 1. The predicted molar refractivity (Wildman–Crippen MR) is 58.7 cm³/mol. The molecule has 0 aliphatic heterocycles. The Bertz CT molecular complexity index is 220. The van der Waals surface area contributed by atoms with Gasteiger partial charge in [0.15, 0.2) is 0 Å². The SMILES string of the molecule is [CH2]c1ccc(CCCCCC)cc1. The number of benzene rings is 1. The van der Waals surface area contributed by atoms with Crippen molar-refractivity contribution < 1.29 is 0 Å². The number of unbranched alkanes of at least 4 members (excludes halogenated alkanes) is 3. The van der Waals surface area contributed by atoms with E-state index >= 15 is 0 Å². The number of hydrogen-bond donors (Lipinski definition) is 0. The van der Waals surface area contributed by atoms with Gasteiger partial charge in [-0.2, -0.15) is 0 Å². The lowest BCUT2D eigenvalue weighted by Crippen LogP contribution is -1.85. The molecule has 0 N–H and O–H groups in total. The first-order valence-electron chi connectivity index (χ1n) is 5.24. The topological polar surface area (TPSA) is 0 Å². The Morgan fingerprint density at radius 2 is 1.69 bits per heavy atom. The van der Waals surface area contributed by atoms with Gasteiger partial charge in [-0.15, -0.1) is 0 Å². The summed E-state index contributed by atoms with van der Waals surface area (Å²) in [6.07, 6.45) is 6.60. The molecule has 0 saturated carbocycles. The highest BCUT2D eigenvalue weighted by Gasteiger charge is 1.92. The molecular formula is C13H19. The van der Waals surface area contributed by atoms with Gasteiger partial charge in [0.2, 0.25) is 0 Å². The second kappa shape index (κ2) is 5.80. The standard InChI is InChI=1S/C13H19/c1-3-4-5-6-7-13-10-8-12(2)9-11-13/h8-11H,2-7H2,1H3. The molecule has 0 fully saturated rings. The van der Waals surface area contributed by atoms with Crippen LogP contribution in [0, 0.1) is 6.92 Å². The zero-order chi connectivity index (χ0) is 9.52. The van der Waals surface area contributed by atoms with Crippen LogP contribution in [0.4, 0.5) is 0 Å². The van der Waals surface area contributed by atoms with E-state index < -0.39 is 0 Å². The van der Waals surface area contributed by atoms with Gasteiger partial charge >= 0.3 is 0 Å². The molecule has 1 aromatic carbocycles. The maximum Gasteiger partial charge on any atom is -0.0238 e. The quantitative estimate of drug-likeness (QED) is 0.593. The molecule has 0 heteroatoms. The maximum atomic E-state index is 3.87. The van der Waals surface area contributed by atoms with Crippen LogP contribution in [-0.4, -0.2) is 0 Å². The normalized spacial score (nSPS) is 10.3. The molecule has 0 aliphatic rings. The molecule has 0 saturated heterocycles. The highest BCUT2D eigenvalue weighted by atomic mass is 14.0. The van der Waals surface area contributed by atoms with E-state index in [9.17, 15) is 0 Å². The Balaban J connectivity index is 2.25. The summed E-state index contributed by atoms with van der Waals surface area (Å²) >= 11 is 0. The summed E-state index contributed by atoms with van der Waals surface area (Å²) in [6.45, 7) is 6.12. The minimum atomic E-state index is 1.11. The van der Waals surface area contributed by atoms with Crippen LogP contribution in [0.15, 0.2) is 24.3 Å². The van der Waals surface area contributed by atoms with Crippen LogP contribution in [0.2, 0.25) is 0 Å². The zero-order valence-corrected chi connectivity index (χ0v) is 8.55. The Morgan fingerprint density at radius 3 is 2.31 bits per heavy atom. The number of rotatable bonds is 5. The molecule has 0 unspecified atom stereocenters.